The molecule has 168 valence electrons. The maximum Gasteiger partial charge on any atom is 0.270 e. The monoisotopic (exact) mass is 457 g/mol. The van der Waals surface area contributed by atoms with Crippen molar-refractivity contribution in [3.05, 3.63) is 69.9 Å². The minimum absolute atomic E-state index is 0.0950. The van der Waals surface area contributed by atoms with Crippen LogP contribution >= 0.6 is 11.6 Å². The van der Waals surface area contributed by atoms with Crippen LogP contribution in [0.5, 0.6) is 0 Å². The maximum atomic E-state index is 14.7. The van der Waals surface area contributed by atoms with E-state index in [-0.39, 0.29) is 17.7 Å². The molecule has 2 saturated heterocycles. The topological polar surface area (TPSA) is 39.3 Å². The molecule has 3 heterocycles. The number of aromatic nitrogens is 1. The summed E-state index contributed by atoms with van der Waals surface area (Å²) in [7, 11) is 0. The molecule has 1 amide bonds. The molecule has 1 aromatic heterocycles. The molecule has 2 fully saturated rings. The van der Waals surface area contributed by atoms with Crippen LogP contribution < -0.4 is 0 Å². The molecule has 2 aliphatic rings. The lowest BCUT2D eigenvalue weighted by atomic mass is 9.88. The lowest BCUT2D eigenvalue weighted by molar-refractivity contribution is 0.0778. The van der Waals surface area contributed by atoms with Crippen LogP contribution in [0, 0.1) is 24.5 Å². The summed E-state index contributed by atoms with van der Waals surface area (Å²) in [5, 5.41) is 1.53. The predicted molar refractivity (Wildman–Crippen MR) is 122 cm³/mol. The highest BCUT2D eigenvalue weighted by atomic mass is 35.5. The largest absolute Gasteiger partial charge is 0.350 e. The van der Waals surface area contributed by atoms with E-state index in [1.807, 2.05) is 25.1 Å². The van der Waals surface area contributed by atoms with Gasteiger partial charge in [-0.15, -0.1) is 0 Å². The first-order chi connectivity index (χ1) is 15.4. The van der Waals surface area contributed by atoms with E-state index in [1.165, 1.54) is 25.0 Å². The Hall–Kier alpha value is -2.44. The summed E-state index contributed by atoms with van der Waals surface area (Å²) in [6.07, 6.45) is 2.34. The SMILES string of the molecule is Cc1cc(Cl)cc2cc(C(=O)N3CC(c4ccc(F)cc4F)[C@H](CN4CCCC4)C3)[nH]c12. The summed E-state index contributed by atoms with van der Waals surface area (Å²) in [6, 6.07) is 9.32. The zero-order valence-corrected chi connectivity index (χ0v) is 18.8. The van der Waals surface area contributed by atoms with Crippen molar-refractivity contribution < 1.29 is 13.6 Å². The van der Waals surface area contributed by atoms with Gasteiger partial charge in [0.15, 0.2) is 0 Å². The number of nitrogens with zero attached hydrogens (tertiary/aromatic N) is 2. The second-order valence-electron chi connectivity index (χ2n) is 9.12. The number of amides is 1. The van der Waals surface area contributed by atoms with E-state index in [0.29, 0.717) is 29.4 Å². The van der Waals surface area contributed by atoms with Crippen LogP contribution in [0.25, 0.3) is 10.9 Å². The van der Waals surface area contributed by atoms with Crippen molar-refractivity contribution in [2.75, 3.05) is 32.7 Å². The normalized spacial score (nSPS) is 21.7. The smallest absolute Gasteiger partial charge is 0.270 e. The van der Waals surface area contributed by atoms with Gasteiger partial charge in [-0.25, -0.2) is 8.78 Å². The van der Waals surface area contributed by atoms with Crippen molar-refractivity contribution >= 4 is 28.4 Å². The van der Waals surface area contributed by atoms with Crippen LogP contribution in [-0.4, -0.2) is 53.4 Å². The molecule has 2 atom stereocenters. The van der Waals surface area contributed by atoms with E-state index in [0.717, 1.165) is 42.2 Å². The third-order valence-corrected chi connectivity index (χ3v) is 7.12. The van der Waals surface area contributed by atoms with Gasteiger partial charge in [-0.05, 0) is 74.2 Å². The average Bonchev–Trinajstić information content (AvgIpc) is 3.48. The number of nitrogens with one attached hydrogen (secondary N) is 1. The molecule has 3 aromatic rings. The number of fused-ring (bicyclic) bond motifs is 1. The van der Waals surface area contributed by atoms with Crippen LogP contribution in [0.15, 0.2) is 36.4 Å². The van der Waals surface area contributed by atoms with Crippen molar-refractivity contribution in [3.8, 4) is 0 Å². The lowest BCUT2D eigenvalue weighted by Gasteiger charge is -2.24. The number of aryl methyl sites for hydroxylation is 1. The molecule has 2 aliphatic heterocycles. The Balaban J connectivity index is 1.44. The number of benzene rings is 2. The first-order valence-electron chi connectivity index (χ1n) is 11.1. The first-order valence-corrected chi connectivity index (χ1v) is 11.5. The second-order valence-corrected chi connectivity index (χ2v) is 9.56. The summed E-state index contributed by atoms with van der Waals surface area (Å²) < 4.78 is 28.2. The molecule has 0 radical (unpaired) electrons. The molecule has 7 heteroatoms. The molecular weight excluding hydrogens is 432 g/mol. The van der Waals surface area contributed by atoms with Crippen molar-refractivity contribution in [1.82, 2.24) is 14.8 Å². The lowest BCUT2D eigenvalue weighted by Crippen LogP contribution is -2.32. The van der Waals surface area contributed by atoms with Gasteiger partial charge in [-0.3, -0.25) is 4.79 Å². The Labute approximate surface area is 191 Å². The molecule has 0 saturated carbocycles. The highest BCUT2D eigenvalue weighted by molar-refractivity contribution is 6.31. The number of rotatable bonds is 4. The van der Waals surface area contributed by atoms with Gasteiger partial charge < -0.3 is 14.8 Å². The Morgan fingerprint density at radius 3 is 2.66 bits per heavy atom. The van der Waals surface area contributed by atoms with Crippen molar-refractivity contribution in [1.29, 1.82) is 0 Å². The number of hydrogen-bond acceptors (Lipinski definition) is 2. The minimum Gasteiger partial charge on any atom is -0.350 e. The molecule has 0 bridgehead atoms. The zero-order chi connectivity index (χ0) is 22.4. The standard InChI is InChI=1S/C25H26ClF2N3O/c1-15-8-18(26)9-16-10-23(29-24(15)16)25(32)31-13-17(12-30-6-2-3-7-30)21(14-31)20-5-4-19(27)11-22(20)28/h4-5,8-11,17,21,29H,2-3,6-7,12-14H2,1H3/t17-,21?/m1/s1. The number of likely N-dealkylation sites (tertiary alicyclic amines) is 2. The highest BCUT2D eigenvalue weighted by Crippen LogP contribution is 2.36. The fraction of sp³-hybridized carbons (Fsp3) is 0.400. The van der Waals surface area contributed by atoms with Crippen LogP contribution in [0.4, 0.5) is 8.78 Å². The molecule has 5 rings (SSSR count). The Morgan fingerprint density at radius 1 is 1.12 bits per heavy atom. The third-order valence-electron chi connectivity index (χ3n) is 6.90. The first kappa shape index (κ1) is 21.4. The van der Waals surface area contributed by atoms with Crippen molar-refractivity contribution in [2.45, 2.75) is 25.7 Å². The van der Waals surface area contributed by atoms with E-state index < -0.39 is 11.6 Å². The van der Waals surface area contributed by atoms with Gasteiger partial charge in [0.1, 0.15) is 17.3 Å². The van der Waals surface area contributed by atoms with Gasteiger partial charge in [0.05, 0.1) is 0 Å². The Kier molecular flexibility index (Phi) is 5.68. The number of H-pyrrole nitrogens is 1. The van der Waals surface area contributed by atoms with Gasteiger partial charge in [0.25, 0.3) is 5.91 Å². The number of halogens is 3. The Bertz CT molecular complexity index is 1170. The van der Waals surface area contributed by atoms with Gasteiger partial charge in [-0.1, -0.05) is 17.7 Å². The fourth-order valence-corrected chi connectivity index (χ4v) is 5.62. The molecule has 0 aliphatic carbocycles. The molecular formula is C25H26ClF2N3O. The van der Waals surface area contributed by atoms with Gasteiger partial charge >= 0.3 is 0 Å². The van der Waals surface area contributed by atoms with Gasteiger partial charge in [-0.2, -0.15) is 0 Å². The molecule has 4 nitrogen and oxygen atoms in total. The summed E-state index contributed by atoms with van der Waals surface area (Å²) >= 11 is 6.18. The van der Waals surface area contributed by atoms with Crippen LogP contribution in [0.1, 0.15) is 40.4 Å². The summed E-state index contributed by atoms with van der Waals surface area (Å²) in [6.45, 7) is 5.79. The van der Waals surface area contributed by atoms with Gasteiger partial charge in [0, 0.05) is 47.5 Å². The summed E-state index contributed by atoms with van der Waals surface area (Å²) in [4.78, 5) is 20.8. The van der Waals surface area contributed by atoms with Crippen molar-refractivity contribution in [3.63, 3.8) is 0 Å². The molecule has 32 heavy (non-hydrogen) atoms. The highest BCUT2D eigenvalue weighted by Gasteiger charge is 2.39. The maximum absolute atomic E-state index is 14.7. The number of carbonyl (C=O) groups excluding carboxylic acids is 1. The van der Waals surface area contributed by atoms with E-state index >= 15 is 0 Å². The summed E-state index contributed by atoms with van der Waals surface area (Å²) in [5.41, 5.74) is 2.87. The zero-order valence-electron chi connectivity index (χ0n) is 18.0. The van der Waals surface area contributed by atoms with E-state index in [4.69, 9.17) is 11.6 Å². The molecule has 2 aromatic carbocycles. The number of hydrogen-bond donors (Lipinski definition) is 1. The quantitative estimate of drug-likeness (QED) is 0.573. The summed E-state index contributed by atoms with van der Waals surface area (Å²) in [5.74, 6) is -1.29. The van der Waals surface area contributed by atoms with E-state index in [1.54, 1.807) is 4.90 Å². The number of aromatic amines is 1. The van der Waals surface area contributed by atoms with E-state index in [2.05, 4.69) is 9.88 Å². The second kappa shape index (κ2) is 8.49. The fourth-order valence-electron chi connectivity index (χ4n) is 5.34. The average molecular weight is 458 g/mol. The van der Waals surface area contributed by atoms with Crippen LogP contribution in [0.3, 0.4) is 0 Å². The molecule has 1 unspecified atom stereocenters. The molecule has 0 spiro atoms. The van der Waals surface area contributed by atoms with Crippen LogP contribution in [0.2, 0.25) is 5.02 Å². The van der Waals surface area contributed by atoms with E-state index in [9.17, 15) is 13.6 Å². The van der Waals surface area contributed by atoms with Crippen LogP contribution in [-0.2, 0) is 0 Å². The minimum atomic E-state index is -0.583. The predicted octanol–water partition coefficient (Wildman–Crippen LogP) is 5.36. The molecule has 1 N–H and O–H groups in total. The number of carbonyl (C=O) groups is 1. The van der Waals surface area contributed by atoms with Crippen molar-refractivity contribution in [2.24, 2.45) is 5.92 Å². The Morgan fingerprint density at radius 2 is 1.91 bits per heavy atom. The van der Waals surface area contributed by atoms with Gasteiger partial charge in [0.2, 0.25) is 0 Å². The third kappa shape index (κ3) is 4.02.